The van der Waals surface area contributed by atoms with Crippen molar-refractivity contribution >= 4 is 40.2 Å². The smallest absolute Gasteiger partial charge is 0.335 e. The van der Waals surface area contributed by atoms with E-state index in [2.05, 4.69) is 12.6 Å². The fourth-order valence-electron chi connectivity index (χ4n) is 0.914. The van der Waals surface area contributed by atoms with Gasteiger partial charge in [-0.2, -0.15) is 0 Å². The minimum absolute atomic E-state index is 0.0422. The molecule has 15 heavy (non-hydrogen) atoms. The van der Waals surface area contributed by atoms with E-state index in [0.717, 1.165) is 12.1 Å². The summed E-state index contributed by atoms with van der Waals surface area (Å²) in [4.78, 5) is 10.2. The highest BCUT2D eigenvalue weighted by Crippen LogP contribution is 2.28. The molecule has 0 unspecified atom stereocenters. The highest BCUT2D eigenvalue weighted by Gasteiger charge is 2.18. The van der Waals surface area contributed by atoms with Gasteiger partial charge in [0.25, 0.3) is 0 Å². The quantitative estimate of drug-likeness (QED) is 0.696. The maximum atomic E-state index is 11.0. The third-order valence-electron chi connectivity index (χ3n) is 1.57. The molecule has 8 heteroatoms. The summed E-state index contributed by atoms with van der Waals surface area (Å²) in [5, 5.41) is 13.3. The van der Waals surface area contributed by atoms with Gasteiger partial charge in [-0.15, -0.1) is 12.6 Å². The van der Waals surface area contributed by atoms with Gasteiger partial charge in [0.15, 0.2) is 0 Å². The van der Waals surface area contributed by atoms with E-state index in [9.17, 15) is 13.2 Å². The number of halogens is 1. The van der Waals surface area contributed by atoms with Gasteiger partial charge in [0, 0.05) is 4.90 Å². The number of benzene rings is 1. The van der Waals surface area contributed by atoms with Crippen LogP contribution in [0.1, 0.15) is 10.4 Å². The van der Waals surface area contributed by atoms with E-state index in [4.69, 9.17) is 21.8 Å². The number of carbonyl (C=O) groups is 1. The zero-order valence-electron chi connectivity index (χ0n) is 7.14. The van der Waals surface area contributed by atoms with E-state index in [1.165, 1.54) is 0 Å². The number of primary sulfonamides is 1. The van der Waals surface area contributed by atoms with E-state index in [-0.39, 0.29) is 15.5 Å². The van der Waals surface area contributed by atoms with Crippen LogP contribution in [0.2, 0.25) is 5.02 Å². The summed E-state index contributed by atoms with van der Waals surface area (Å²) < 4.78 is 22.1. The molecule has 1 rings (SSSR count). The zero-order valence-corrected chi connectivity index (χ0v) is 9.60. The number of hydrogen-bond acceptors (Lipinski definition) is 4. The molecule has 0 aliphatic heterocycles. The summed E-state index contributed by atoms with van der Waals surface area (Å²) in [6, 6.07) is 2.03. The van der Waals surface area contributed by atoms with E-state index in [1.54, 1.807) is 0 Å². The molecule has 0 aromatic heterocycles. The molecule has 0 aliphatic carbocycles. The number of nitrogens with two attached hydrogens (primary N) is 1. The van der Waals surface area contributed by atoms with Crippen molar-refractivity contribution in [1.82, 2.24) is 0 Å². The molecule has 0 radical (unpaired) electrons. The van der Waals surface area contributed by atoms with Crippen LogP contribution in [0.5, 0.6) is 0 Å². The topological polar surface area (TPSA) is 97.5 Å². The third kappa shape index (κ3) is 2.63. The van der Waals surface area contributed by atoms with Gasteiger partial charge in [0.1, 0.15) is 4.90 Å². The molecule has 82 valence electrons. The highest BCUT2D eigenvalue weighted by atomic mass is 35.5. The first kappa shape index (κ1) is 12.3. The van der Waals surface area contributed by atoms with Gasteiger partial charge in [-0.1, -0.05) is 11.6 Å². The van der Waals surface area contributed by atoms with E-state index < -0.39 is 20.9 Å². The molecule has 1 aromatic carbocycles. The zero-order chi connectivity index (χ0) is 11.8. The van der Waals surface area contributed by atoms with Gasteiger partial charge in [0.2, 0.25) is 10.0 Å². The molecule has 0 heterocycles. The lowest BCUT2D eigenvalue weighted by Gasteiger charge is -2.05. The first-order valence-electron chi connectivity index (χ1n) is 3.52. The van der Waals surface area contributed by atoms with Gasteiger partial charge in [-0.3, -0.25) is 0 Å². The van der Waals surface area contributed by atoms with Crippen molar-refractivity contribution in [3.63, 3.8) is 0 Å². The summed E-state index contributed by atoms with van der Waals surface area (Å²) in [6.45, 7) is 0. The Balaban J connectivity index is 3.59. The van der Waals surface area contributed by atoms with Crippen LogP contribution < -0.4 is 5.14 Å². The van der Waals surface area contributed by atoms with Crippen molar-refractivity contribution in [3.05, 3.63) is 22.7 Å². The molecular weight excluding hydrogens is 262 g/mol. The first-order valence-corrected chi connectivity index (χ1v) is 5.89. The monoisotopic (exact) mass is 267 g/mol. The molecule has 3 N–H and O–H groups in total. The predicted octanol–water partition coefficient (Wildman–Crippen LogP) is 0.974. The van der Waals surface area contributed by atoms with Crippen LogP contribution in [0.25, 0.3) is 0 Å². The average Bonchev–Trinajstić information content (AvgIpc) is 2.06. The van der Waals surface area contributed by atoms with Crippen molar-refractivity contribution in [3.8, 4) is 0 Å². The Bertz CT molecular complexity index is 526. The molecule has 0 saturated heterocycles. The molecule has 0 atom stereocenters. The number of aromatic carboxylic acids is 1. The van der Waals surface area contributed by atoms with E-state index in [0.29, 0.717) is 0 Å². The van der Waals surface area contributed by atoms with Crippen LogP contribution in [0, 0.1) is 0 Å². The van der Waals surface area contributed by atoms with E-state index >= 15 is 0 Å². The van der Waals surface area contributed by atoms with Crippen LogP contribution >= 0.6 is 24.2 Å². The number of rotatable bonds is 2. The molecule has 0 amide bonds. The summed E-state index contributed by atoms with van der Waals surface area (Å²) in [5.74, 6) is -1.29. The van der Waals surface area contributed by atoms with Crippen molar-refractivity contribution < 1.29 is 18.3 Å². The first-order chi connectivity index (χ1) is 6.73. The Labute approximate surface area is 96.3 Å². The maximum Gasteiger partial charge on any atom is 0.335 e. The molecule has 5 nitrogen and oxygen atoms in total. The van der Waals surface area contributed by atoms with Gasteiger partial charge in [0.05, 0.1) is 10.6 Å². The second-order valence-electron chi connectivity index (χ2n) is 2.66. The Morgan fingerprint density at radius 3 is 2.40 bits per heavy atom. The fourth-order valence-corrected chi connectivity index (χ4v) is 2.33. The highest BCUT2D eigenvalue weighted by molar-refractivity contribution is 7.89. The standard InChI is InChI=1S/C7H6ClNO4S2/c8-6-4(14)1-3(7(10)11)2-5(6)15(9,12)13/h1-2,14H,(H,10,11)(H2,9,12,13). The lowest BCUT2D eigenvalue weighted by molar-refractivity contribution is 0.0696. The number of hydrogen-bond donors (Lipinski definition) is 3. The van der Waals surface area contributed by atoms with Crippen molar-refractivity contribution in [1.29, 1.82) is 0 Å². The summed E-state index contributed by atoms with van der Waals surface area (Å²) >= 11 is 9.47. The molecule has 1 aromatic rings. The van der Waals surface area contributed by atoms with Crippen molar-refractivity contribution in [2.75, 3.05) is 0 Å². The SMILES string of the molecule is NS(=O)(=O)c1cc(C(=O)O)cc(S)c1Cl. The molecule has 0 bridgehead atoms. The van der Waals surface area contributed by atoms with Crippen molar-refractivity contribution in [2.24, 2.45) is 5.14 Å². The van der Waals surface area contributed by atoms with Gasteiger partial charge in [-0.25, -0.2) is 18.4 Å². The Hall–Kier alpha value is -0.760. The van der Waals surface area contributed by atoms with Crippen LogP contribution in [0.3, 0.4) is 0 Å². The Morgan fingerprint density at radius 1 is 1.47 bits per heavy atom. The summed E-state index contributed by atoms with van der Waals surface area (Å²) in [7, 11) is -4.06. The lowest BCUT2D eigenvalue weighted by Crippen LogP contribution is -2.14. The van der Waals surface area contributed by atoms with Gasteiger partial charge >= 0.3 is 5.97 Å². The third-order valence-corrected chi connectivity index (χ3v) is 3.51. The number of sulfonamides is 1. The molecular formula is C7H6ClNO4S2. The Kier molecular flexibility index (Phi) is 3.29. The van der Waals surface area contributed by atoms with E-state index in [1.807, 2.05) is 0 Å². The van der Waals surface area contributed by atoms with Gasteiger partial charge in [-0.05, 0) is 12.1 Å². The van der Waals surface area contributed by atoms with Crippen LogP contribution in [-0.4, -0.2) is 19.5 Å². The molecule has 0 fully saturated rings. The number of thiol groups is 1. The van der Waals surface area contributed by atoms with Crippen molar-refractivity contribution in [2.45, 2.75) is 9.79 Å². The molecule has 0 aliphatic rings. The largest absolute Gasteiger partial charge is 0.478 e. The number of carboxylic acid groups (broad SMARTS) is 1. The second-order valence-corrected chi connectivity index (χ2v) is 5.05. The Morgan fingerprint density at radius 2 is 2.00 bits per heavy atom. The summed E-state index contributed by atoms with van der Waals surface area (Å²) in [5.41, 5.74) is -0.242. The van der Waals surface area contributed by atoms with Crippen LogP contribution in [-0.2, 0) is 10.0 Å². The molecule has 0 spiro atoms. The van der Waals surface area contributed by atoms with Crippen LogP contribution in [0.4, 0.5) is 0 Å². The lowest BCUT2D eigenvalue weighted by atomic mass is 10.2. The van der Waals surface area contributed by atoms with Crippen LogP contribution in [0.15, 0.2) is 21.9 Å². The minimum atomic E-state index is -4.06. The maximum absolute atomic E-state index is 11.0. The van der Waals surface area contributed by atoms with Gasteiger partial charge < -0.3 is 5.11 Å². The number of carboxylic acids is 1. The molecule has 0 saturated carbocycles. The second kappa shape index (κ2) is 4.01. The fraction of sp³-hybridized carbons (Fsp3) is 0. The normalized spacial score (nSPS) is 11.4. The predicted molar refractivity (Wildman–Crippen MR) is 57.0 cm³/mol. The summed E-state index contributed by atoms with van der Waals surface area (Å²) in [6.07, 6.45) is 0. The minimum Gasteiger partial charge on any atom is -0.478 e. The average molecular weight is 268 g/mol.